The fourth-order valence-corrected chi connectivity index (χ4v) is 3.78. The molecule has 1 saturated heterocycles. The lowest BCUT2D eigenvalue weighted by Gasteiger charge is -2.32. The number of amides is 1. The summed E-state index contributed by atoms with van der Waals surface area (Å²) in [7, 11) is 0. The number of carboxylic acid groups (broad SMARTS) is 1. The lowest BCUT2D eigenvalue weighted by molar-refractivity contribution is 0.0687. The van der Waals surface area contributed by atoms with Crippen LogP contribution in [0.3, 0.4) is 0 Å². The van der Waals surface area contributed by atoms with Gasteiger partial charge < -0.3 is 10.0 Å². The van der Waals surface area contributed by atoms with E-state index >= 15 is 0 Å². The molecule has 0 spiro atoms. The zero-order valence-electron chi connectivity index (χ0n) is 16.6. The van der Waals surface area contributed by atoms with E-state index in [2.05, 4.69) is 31.0 Å². The van der Waals surface area contributed by atoms with E-state index in [4.69, 9.17) is 0 Å². The summed E-state index contributed by atoms with van der Waals surface area (Å²) in [6.07, 6.45) is 4.56. The third-order valence-corrected chi connectivity index (χ3v) is 5.25. The average Bonchev–Trinajstić information content (AvgIpc) is 3.17. The number of piperidine rings is 1. The van der Waals surface area contributed by atoms with Gasteiger partial charge in [0.25, 0.3) is 5.91 Å². The Bertz CT molecular complexity index is 867. The first-order valence-corrected chi connectivity index (χ1v) is 9.23. The second kappa shape index (κ2) is 6.83. The highest BCUT2D eigenvalue weighted by molar-refractivity contribution is 5.95. The number of aromatic carboxylic acids is 1. The van der Waals surface area contributed by atoms with Crippen molar-refractivity contribution in [2.45, 2.75) is 59.0 Å². The number of hydrogen-bond donors (Lipinski definition) is 1. The molecule has 2 aromatic rings. The first-order chi connectivity index (χ1) is 12.6. The highest BCUT2D eigenvalue weighted by Gasteiger charge is 2.29. The van der Waals surface area contributed by atoms with E-state index in [1.54, 1.807) is 17.8 Å². The molecule has 2 aromatic heterocycles. The molecule has 27 heavy (non-hydrogen) atoms. The largest absolute Gasteiger partial charge is 0.478 e. The van der Waals surface area contributed by atoms with Crippen LogP contribution in [-0.4, -0.2) is 54.5 Å². The summed E-state index contributed by atoms with van der Waals surface area (Å²) >= 11 is 0. The van der Waals surface area contributed by atoms with Gasteiger partial charge in [0.2, 0.25) is 0 Å². The standard InChI is InChI=1S/C19H27N5O3/c1-12-16(18(26)27)11-20-23(12)14-6-8-22(9-7-14)17(25)15-10-21-24(13(15)2)19(3,4)5/h10-11,14H,6-9H2,1-5H3,(H,26,27). The van der Waals surface area contributed by atoms with E-state index in [1.807, 2.05) is 16.5 Å². The smallest absolute Gasteiger partial charge is 0.339 e. The maximum Gasteiger partial charge on any atom is 0.339 e. The Morgan fingerprint density at radius 1 is 1.04 bits per heavy atom. The molecule has 8 nitrogen and oxygen atoms in total. The molecule has 0 aromatic carbocycles. The summed E-state index contributed by atoms with van der Waals surface area (Å²) in [6.45, 7) is 11.1. The van der Waals surface area contributed by atoms with Crippen LogP contribution in [0.2, 0.25) is 0 Å². The fourth-order valence-electron chi connectivity index (χ4n) is 3.78. The summed E-state index contributed by atoms with van der Waals surface area (Å²) in [4.78, 5) is 26.0. The summed E-state index contributed by atoms with van der Waals surface area (Å²) in [5, 5.41) is 17.8. The van der Waals surface area contributed by atoms with Gasteiger partial charge in [0, 0.05) is 18.8 Å². The Labute approximate surface area is 158 Å². The van der Waals surface area contributed by atoms with Crippen molar-refractivity contribution in [3.63, 3.8) is 0 Å². The zero-order chi connectivity index (χ0) is 19.9. The van der Waals surface area contributed by atoms with Gasteiger partial charge in [-0.1, -0.05) is 0 Å². The highest BCUT2D eigenvalue weighted by Crippen LogP contribution is 2.26. The monoisotopic (exact) mass is 373 g/mol. The van der Waals surface area contributed by atoms with E-state index in [1.165, 1.54) is 6.20 Å². The Morgan fingerprint density at radius 2 is 1.63 bits per heavy atom. The molecule has 1 aliphatic heterocycles. The first-order valence-electron chi connectivity index (χ1n) is 9.23. The van der Waals surface area contributed by atoms with Gasteiger partial charge in [0.05, 0.1) is 35.2 Å². The number of likely N-dealkylation sites (tertiary alicyclic amines) is 1. The van der Waals surface area contributed by atoms with Crippen molar-refractivity contribution in [1.29, 1.82) is 0 Å². The number of carbonyl (C=O) groups excluding carboxylic acids is 1. The minimum Gasteiger partial charge on any atom is -0.478 e. The maximum absolute atomic E-state index is 12.9. The predicted molar refractivity (Wildman–Crippen MR) is 100 cm³/mol. The molecule has 0 radical (unpaired) electrons. The minimum absolute atomic E-state index is 0.00450. The molecular weight excluding hydrogens is 346 g/mol. The Kier molecular flexibility index (Phi) is 4.84. The van der Waals surface area contributed by atoms with E-state index in [0.717, 1.165) is 18.5 Å². The SMILES string of the molecule is Cc1c(C(=O)O)cnn1C1CCN(C(=O)c2cnn(C(C)(C)C)c2C)CC1. The fraction of sp³-hybridized carbons (Fsp3) is 0.579. The van der Waals surface area contributed by atoms with Crippen LogP contribution >= 0.6 is 0 Å². The van der Waals surface area contributed by atoms with Gasteiger partial charge in [-0.05, 0) is 47.5 Å². The van der Waals surface area contributed by atoms with Gasteiger partial charge in [-0.2, -0.15) is 10.2 Å². The molecule has 1 fully saturated rings. The third-order valence-electron chi connectivity index (χ3n) is 5.25. The third kappa shape index (κ3) is 3.48. The Balaban J connectivity index is 1.70. The van der Waals surface area contributed by atoms with Gasteiger partial charge in [0.1, 0.15) is 5.56 Å². The topological polar surface area (TPSA) is 93.2 Å². The van der Waals surface area contributed by atoms with Gasteiger partial charge in [0.15, 0.2) is 0 Å². The van der Waals surface area contributed by atoms with Gasteiger partial charge in [-0.25, -0.2) is 4.79 Å². The van der Waals surface area contributed by atoms with Crippen LogP contribution in [0.15, 0.2) is 12.4 Å². The van der Waals surface area contributed by atoms with Crippen molar-refractivity contribution in [1.82, 2.24) is 24.5 Å². The Hall–Kier alpha value is -2.64. The molecule has 1 amide bonds. The molecule has 3 rings (SSSR count). The number of rotatable bonds is 3. The average molecular weight is 373 g/mol. The number of nitrogens with zero attached hydrogens (tertiary/aromatic N) is 5. The predicted octanol–water partition coefficient (Wildman–Crippen LogP) is 2.63. The van der Waals surface area contributed by atoms with E-state index < -0.39 is 5.97 Å². The normalized spacial score (nSPS) is 16.0. The second-order valence-corrected chi connectivity index (χ2v) is 8.14. The molecule has 0 bridgehead atoms. The van der Waals surface area contributed by atoms with Crippen molar-refractivity contribution >= 4 is 11.9 Å². The lowest BCUT2D eigenvalue weighted by atomic mass is 10.0. The number of hydrogen-bond acceptors (Lipinski definition) is 4. The second-order valence-electron chi connectivity index (χ2n) is 8.14. The van der Waals surface area contributed by atoms with Crippen molar-refractivity contribution in [2.75, 3.05) is 13.1 Å². The van der Waals surface area contributed by atoms with Gasteiger partial charge in [-0.3, -0.25) is 14.2 Å². The van der Waals surface area contributed by atoms with Crippen LogP contribution in [0.25, 0.3) is 0 Å². The quantitative estimate of drug-likeness (QED) is 0.893. The molecule has 1 aliphatic rings. The number of carbonyl (C=O) groups is 2. The van der Waals surface area contributed by atoms with Crippen LogP contribution in [0.1, 0.15) is 71.8 Å². The van der Waals surface area contributed by atoms with E-state index in [0.29, 0.717) is 24.3 Å². The first kappa shape index (κ1) is 19.1. The van der Waals surface area contributed by atoms with Gasteiger partial charge in [-0.15, -0.1) is 0 Å². The molecule has 0 unspecified atom stereocenters. The molecular formula is C19H27N5O3. The molecule has 0 saturated carbocycles. The summed E-state index contributed by atoms with van der Waals surface area (Å²) in [5.41, 5.74) is 2.25. The summed E-state index contributed by atoms with van der Waals surface area (Å²) in [6, 6.07) is 0.112. The van der Waals surface area contributed by atoms with Crippen LogP contribution in [0.5, 0.6) is 0 Å². The van der Waals surface area contributed by atoms with Crippen molar-refractivity contribution < 1.29 is 14.7 Å². The van der Waals surface area contributed by atoms with Crippen LogP contribution < -0.4 is 0 Å². The van der Waals surface area contributed by atoms with Crippen LogP contribution in [0, 0.1) is 13.8 Å². The van der Waals surface area contributed by atoms with Gasteiger partial charge >= 0.3 is 5.97 Å². The molecule has 0 aliphatic carbocycles. The van der Waals surface area contributed by atoms with Crippen LogP contribution in [0.4, 0.5) is 0 Å². The molecule has 3 heterocycles. The highest BCUT2D eigenvalue weighted by atomic mass is 16.4. The van der Waals surface area contributed by atoms with E-state index in [-0.39, 0.29) is 23.1 Å². The minimum atomic E-state index is -0.960. The summed E-state index contributed by atoms with van der Waals surface area (Å²) in [5.74, 6) is -0.956. The number of carboxylic acids is 1. The molecule has 8 heteroatoms. The van der Waals surface area contributed by atoms with E-state index in [9.17, 15) is 14.7 Å². The molecule has 0 atom stereocenters. The van der Waals surface area contributed by atoms with Crippen molar-refractivity contribution in [2.24, 2.45) is 0 Å². The van der Waals surface area contributed by atoms with Crippen molar-refractivity contribution in [3.05, 3.63) is 34.9 Å². The molecule has 146 valence electrons. The zero-order valence-corrected chi connectivity index (χ0v) is 16.6. The summed E-state index contributed by atoms with van der Waals surface area (Å²) < 4.78 is 3.67. The maximum atomic E-state index is 12.9. The Morgan fingerprint density at radius 3 is 2.11 bits per heavy atom. The molecule has 1 N–H and O–H groups in total. The lowest BCUT2D eigenvalue weighted by Crippen LogP contribution is -2.39. The van der Waals surface area contributed by atoms with Crippen molar-refractivity contribution in [3.8, 4) is 0 Å². The van der Waals surface area contributed by atoms with Crippen LogP contribution in [-0.2, 0) is 5.54 Å². The number of aromatic nitrogens is 4.